The number of carbonyl (C=O) groups is 4. The van der Waals surface area contributed by atoms with E-state index in [0.29, 0.717) is 28.4 Å². The average Bonchev–Trinajstić information content (AvgIpc) is 3.50. The SMILES string of the molecule is C\C=C/C=C\C=C\CC(C(=O)Nc1cccc(C(=O)O)c1)N(C)CC(=O)N(CC=O)c1cc(Cl)ccc1-n1cnnn1. The minimum absolute atomic E-state index is 0.0197. The lowest BCUT2D eigenvalue weighted by molar-refractivity contribution is -0.124. The summed E-state index contributed by atoms with van der Waals surface area (Å²) in [5.41, 5.74) is 1.05. The first-order valence-corrected chi connectivity index (χ1v) is 13.2. The quantitative estimate of drug-likeness (QED) is 0.212. The highest BCUT2D eigenvalue weighted by Gasteiger charge is 2.28. The molecule has 0 radical (unpaired) electrons. The first-order chi connectivity index (χ1) is 20.2. The van der Waals surface area contributed by atoms with E-state index < -0.39 is 23.8 Å². The van der Waals surface area contributed by atoms with Gasteiger partial charge in [-0.25, -0.2) is 4.79 Å². The molecule has 12 nitrogen and oxygen atoms in total. The lowest BCUT2D eigenvalue weighted by Crippen LogP contribution is -2.48. The number of tetrazole rings is 1. The zero-order valence-electron chi connectivity index (χ0n) is 23.0. The van der Waals surface area contributed by atoms with Crippen LogP contribution < -0.4 is 10.2 Å². The smallest absolute Gasteiger partial charge is 0.335 e. The van der Waals surface area contributed by atoms with Crippen LogP contribution in [0.2, 0.25) is 5.02 Å². The van der Waals surface area contributed by atoms with Gasteiger partial charge in [-0.3, -0.25) is 14.5 Å². The molecule has 0 aliphatic carbocycles. The molecular weight excluding hydrogens is 562 g/mol. The molecule has 0 aliphatic heterocycles. The highest BCUT2D eigenvalue weighted by molar-refractivity contribution is 6.31. The number of halogens is 1. The van der Waals surface area contributed by atoms with Crippen molar-refractivity contribution in [2.75, 3.05) is 30.4 Å². The van der Waals surface area contributed by atoms with Crippen molar-refractivity contribution in [3.05, 3.63) is 95.8 Å². The monoisotopic (exact) mass is 591 g/mol. The Morgan fingerprint density at radius 3 is 2.60 bits per heavy atom. The number of nitrogens with zero attached hydrogens (tertiary/aromatic N) is 6. The van der Waals surface area contributed by atoms with Crippen molar-refractivity contribution in [3.63, 3.8) is 0 Å². The number of allylic oxidation sites excluding steroid dienone is 5. The highest BCUT2D eigenvalue weighted by atomic mass is 35.5. The topological polar surface area (TPSA) is 151 Å². The fourth-order valence-electron chi connectivity index (χ4n) is 3.96. The molecule has 1 aromatic heterocycles. The Bertz CT molecular complexity index is 1490. The van der Waals surface area contributed by atoms with Crippen LogP contribution in [0.5, 0.6) is 0 Å². The van der Waals surface area contributed by atoms with E-state index in [1.807, 2.05) is 31.2 Å². The van der Waals surface area contributed by atoms with Crippen LogP contribution in [0, 0.1) is 0 Å². The van der Waals surface area contributed by atoms with Gasteiger partial charge in [-0.15, -0.1) is 5.10 Å². The molecule has 1 unspecified atom stereocenters. The van der Waals surface area contributed by atoms with Crippen molar-refractivity contribution < 1.29 is 24.3 Å². The molecule has 13 heteroatoms. The number of aldehydes is 1. The Kier molecular flexibility index (Phi) is 11.8. The summed E-state index contributed by atoms with van der Waals surface area (Å²) >= 11 is 6.23. The van der Waals surface area contributed by atoms with Gasteiger partial charge in [-0.05, 0) is 67.2 Å². The lowest BCUT2D eigenvalue weighted by atomic mass is 10.1. The number of carbonyl (C=O) groups excluding carboxylic acids is 3. The number of aromatic carboxylic acids is 1. The molecule has 0 aliphatic rings. The summed E-state index contributed by atoms with van der Waals surface area (Å²) in [5, 5.41) is 23.5. The van der Waals surface area contributed by atoms with E-state index in [9.17, 15) is 24.3 Å². The van der Waals surface area contributed by atoms with Gasteiger partial charge in [-0.2, -0.15) is 4.68 Å². The summed E-state index contributed by atoms with van der Waals surface area (Å²) in [6.07, 6.45) is 13.1. The molecule has 0 bridgehead atoms. The number of nitrogens with one attached hydrogen (secondary N) is 1. The largest absolute Gasteiger partial charge is 0.478 e. The Morgan fingerprint density at radius 2 is 1.90 bits per heavy atom. The maximum atomic E-state index is 13.6. The van der Waals surface area contributed by atoms with E-state index in [2.05, 4.69) is 20.8 Å². The van der Waals surface area contributed by atoms with Gasteiger partial charge in [0.25, 0.3) is 0 Å². The summed E-state index contributed by atoms with van der Waals surface area (Å²) in [4.78, 5) is 52.8. The van der Waals surface area contributed by atoms with Gasteiger partial charge in [0.05, 0.1) is 36.1 Å². The Labute approximate surface area is 247 Å². The highest BCUT2D eigenvalue weighted by Crippen LogP contribution is 2.28. The molecule has 2 aromatic carbocycles. The van der Waals surface area contributed by atoms with E-state index >= 15 is 0 Å². The predicted octanol–water partition coefficient (Wildman–Crippen LogP) is 3.56. The summed E-state index contributed by atoms with van der Waals surface area (Å²) in [5.74, 6) is -2.06. The second-order valence-corrected chi connectivity index (χ2v) is 9.38. The number of carboxylic acid groups (broad SMARTS) is 1. The van der Waals surface area contributed by atoms with Crippen molar-refractivity contribution in [3.8, 4) is 5.69 Å². The Balaban J connectivity index is 1.87. The predicted molar refractivity (Wildman–Crippen MR) is 159 cm³/mol. The van der Waals surface area contributed by atoms with Crippen LogP contribution in [0.1, 0.15) is 23.7 Å². The Hall–Kier alpha value is -4.94. The van der Waals surface area contributed by atoms with Gasteiger partial charge in [-0.1, -0.05) is 54.1 Å². The molecule has 3 rings (SSSR count). The summed E-state index contributed by atoms with van der Waals surface area (Å²) in [6, 6.07) is 9.80. The second-order valence-electron chi connectivity index (χ2n) is 8.94. The molecule has 1 heterocycles. The third-order valence-electron chi connectivity index (χ3n) is 6.00. The number of rotatable bonds is 14. The molecular formula is C29H30ClN7O5. The second kappa shape index (κ2) is 15.7. The average molecular weight is 592 g/mol. The van der Waals surface area contributed by atoms with Crippen LogP contribution in [0.3, 0.4) is 0 Å². The minimum atomic E-state index is -1.13. The van der Waals surface area contributed by atoms with Gasteiger partial charge in [0.1, 0.15) is 12.6 Å². The number of anilines is 2. The van der Waals surface area contributed by atoms with Crippen molar-refractivity contribution in [1.82, 2.24) is 25.1 Å². The zero-order valence-corrected chi connectivity index (χ0v) is 23.8. The van der Waals surface area contributed by atoms with E-state index in [4.69, 9.17) is 11.6 Å². The lowest BCUT2D eigenvalue weighted by Gasteiger charge is -2.29. The molecule has 1 atom stereocenters. The van der Waals surface area contributed by atoms with Crippen molar-refractivity contribution in [1.29, 1.82) is 0 Å². The van der Waals surface area contributed by atoms with Crippen LogP contribution in [0.25, 0.3) is 5.69 Å². The first-order valence-electron chi connectivity index (χ1n) is 12.8. The number of aromatic nitrogens is 4. The van der Waals surface area contributed by atoms with Crippen LogP contribution >= 0.6 is 11.6 Å². The van der Waals surface area contributed by atoms with E-state index in [0.717, 1.165) is 0 Å². The summed E-state index contributed by atoms with van der Waals surface area (Å²) < 4.78 is 1.34. The number of hydrogen-bond acceptors (Lipinski definition) is 8. The molecule has 218 valence electrons. The van der Waals surface area contributed by atoms with E-state index in [1.54, 1.807) is 42.3 Å². The first kappa shape index (κ1) is 31.6. The maximum absolute atomic E-state index is 13.6. The molecule has 0 fully saturated rings. The van der Waals surface area contributed by atoms with Crippen LogP contribution in [-0.4, -0.2) is 80.5 Å². The van der Waals surface area contributed by atoms with Crippen LogP contribution in [0.15, 0.2) is 85.2 Å². The molecule has 2 amide bonds. The summed E-state index contributed by atoms with van der Waals surface area (Å²) in [6.45, 7) is 1.37. The Morgan fingerprint density at radius 1 is 1.12 bits per heavy atom. The number of carboxylic acids is 1. The number of likely N-dealkylation sites (N-methyl/N-ethyl adjacent to an activating group) is 1. The van der Waals surface area contributed by atoms with E-state index in [1.165, 1.54) is 40.2 Å². The van der Waals surface area contributed by atoms with Gasteiger partial charge in [0.2, 0.25) is 11.8 Å². The van der Waals surface area contributed by atoms with Gasteiger partial charge in [0.15, 0.2) is 0 Å². The van der Waals surface area contributed by atoms with Crippen LogP contribution in [0.4, 0.5) is 11.4 Å². The number of hydrogen-bond donors (Lipinski definition) is 2. The van der Waals surface area contributed by atoms with E-state index in [-0.39, 0.29) is 25.1 Å². The fraction of sp³-hybridized carbons (Fsp3) is 0.207. The molecule has 42 heavy (non-hydrogen) atoms. The van der Waals surface area contributed by atoms with Gasteiger partial charge in [0, 0.05) is 10.7 Å². The van der Waals surface area contributed by atoms with Crippen LogP contribution in [-0.2, 0) is 14.4 Å². The van der Waals surface area contributed by atoms with Crippen molar-refractivity contribution in [2.45, 2.75) is 19.4 Å². The van der Waals surface area contributed by atoms with Gasteiger partial charge < -0.3 is 20.1 Å². The van der Waals surface area contributed by atoms with Crippen molar-refractivity contribution >= 4 is 47.0 Å². The molecule has 0 saturated heterocycles. The summed E-state index contributed by atoms with van der Waals surface area (Å²) in [7, 11) is 1.61. The molecule has 0 saturated carbocycles. The fourth-order valence-corrected chi connectivity index (χ4v) is 4.13. The number of benzene rings is 2. The normalized spacial score (nSPS) is 12.3. The maximum Gasteiger partial charge on any atom is 0.335 e. The standard InChI is InChI=1S/C29H30ClN7O5/c1-3-4-5-6-7-8-12-25(28(40)32-23-11-9-10-21(17-23)29(41)42)35(2)19-27(39)36(15-16-38)26-18-22(30)13-14-24(26)37-20-31-33-34-37/h3-11,13-14,16-18,20,25H,12,15,19H2,1-2H3,(H,32,40)(H,41,42)/b4-3-,6-5-,8-7+. The third-order valence-corrected chi connectivity index (χ3v) is 6.23. The molecule has 2 N–H and O–H groups in total. The molecule has 3 aromatic rings. The van der Waals surface area contributed by atoms with Crippen molar-refractivity contribution in [2.24, 2.45) is 0 Å². The third kappa shape index (κ3) is 8.78. The zero-order chi connectivity index (χ0) is 30.5. The number of amides is 2. The minimum Gasteiger partial charge on any atom is -0.478 e. The van der Waals surface area contributed by atoms with Gasteiger partial charge >= 0.3 is 5.97 Å². The molecule has 0 spiro atoms.